The maximum absolute atomic E-state index is 9.53. The number of pyridine rings is 1. The van der Waals surface area contributed by atoms with Gasteiger partial charge in [0.05, 0.1) is 70.8 Å². The minimum absolute atomic E-state index is 0.00694. The third-order valence-corrected chi connectivity index (χ3v) is 18.7. The fourth-order valence-corrected chi connectivity index (χ4v) is 13.2. The van der Waals surface area contributed by atoms with E-state index in [9.17, 15) is 10.2 Å². The summed E-state index contributed by atoms with van der Waals surface area (Å²) in [6.45, 7) is 29.6. The summed E-state index contributed by atoms with van der Waals surface area (Å²) in [5, 5.41) is 86.7. The molecule has 660 valence electrons. The van der Waals surface area contributed by atoms with Gasteiger partial charge in [0.1, 0.15) is 0 Å². The van der Waals surface area contributed by atoms with E-state index in [1.165, 1.54) is 51.4 Å². The molecule has 3 saturated heterocycles. The van der Waals surface area contributed by atoms with Crippen LogP contribution in [-0.2, 0) is 98.8 Å². The summed E-state index contributed by atoms with van der Waals surface area (Å²) in [5.74, 6) is 0. The fraction of sp³-hybridized carbons (Fsp3) is 0.928. The molecule has 110 heavy (non-hydrogen) atoms. The summed E-state index contributed by atoms with van der Waals surface area (Å²) >= 11 is 0.0278. The fourth-order valence-electron chi connectivity index (χ4n) is 13.2. The topological polar surface area (TPSA) is 347 Å². The number of fused-ring (bicyclic) bond motifs is 4. The van der Waals surface area contributed by atoms with Crippen LogP contribution >= 0.6 is 80.8 Å². The van der Waals surface area contributed by atoms with Gasteiger partial charge in [-0.3, -0.25) is 4.98 Å². The molecule has 15 atom stereocenters. The molecule has 1 aromatic rings. The average Bonchev–Trinajstić information content (AvgIpc) is 1.14. The first-order valence-electron chi connectivity index (χ1n) is 38.6. The number of hydrogen-bond donors (Lipinski definition) is 21. The molecule has 21 N–H and O–H groups in total. The van der Waals surface area contributed by atoms with Gasteiger partial charge in [-0.1, -0.05) is 31.7 Å². The molecule has 1 aromatic heterocycles. The standard InChI is InChI=1S/C20H43N5O3.C18H41N5O4.C16H35N5O2.C15H27N5.8ClH.4Mn/c1-26-13-16-10-23-17(14-27-2)11-24-18(15-28-3)12-25-20-7-5-4-6-19(20)22-9-8-21-16;1-24-11-15-7-19-5-6-20-16(12-25-2)8-22-18(14-27-4)10-23-17(9-21-15)13-26-3;22-11-13-9-20-15-3-1-2-4-16(15)21-10-14(12-23)19-8-6-17-5-7-18-13;1-12-8-16-10-14-4-3-5-15(20-14)11-17-9-13(2)19-7-6-18-12;;;;;;;;;;;;/h16-25H,4-15H2,1-3H3;15-23H,5-14H2,1-4H3;13-23H,1-12H2;3-5,12-13,16-19H,6-11H2,1-2H3;8*1H;;;;/q;;;;;;;;;;;;4*+2/p-8/t16-,17-,18+,19+,20+;15-,16+,17+,18-;13-,14-,15-,16-;12-,13-;;;;;;;;;;;;/m0010............/s1. The van der Waals surface area contributed by atoms with Gasteiger partial charge in [0.25, 0.3) is 0 Å². The second-order valence-corrected chi connectivity index (χ2v) is 35.4. The third kappa shape index (κ3) is 64.3. The van der Waals surface area contributed by atoms with E-state index < -0.39 is 0 Å². The van der Waals surface area contributed by atoms with Crippen LogP contribution in [0.5, 0.6) is 0 Å². The number of aromatic nitrogens is 1. The molecule has 6 aliphatic rings. The van der Waals surface area contributed by atoms with E-state index in [-0.39, 0.29) is 120 Å². The first kappa shape index (κ1) is 112. The van der Waals surface area contributed by atoms with Gasteiger partial charge in [-0.25, -0.2) is 0 Å². The Morgan fingerprint density at radius 3 is 0.873 bits per heavy atom. The first-order chi connectivity index (χ1) is 53.7. The van der Waals surface area contributed by atoms with Crippen LogP contribution in [0.25, 0.3) is 0 Å². The molecule has 2 bridgehead atoms. The second kappa shape index (κ2) is 83.7. The van der Waals surface area contributed by atoms with E-state index in [0.29, 0.717) is 82.5 Å². The summed E-state index contributed by atoms with van der Waals surface area (Å²) in [6, 6.07) is 11.1. The Hall–Kier alpha value is 2.43. The molecular formula is C69H146Cl8Mn4N20O9. The Labute approximate surface area is 721 Å². The Balaban J connectivity index is 0.00000138. The van der Waals surface area contributed by atoms with Gasteiger partial charge in [-0.2, -0.15) is 0 Å². The SMILES string of the molecule is COC[C@H]1CN[C@@H]2CCCC[C@H]2NCCN[C@H](COC)CN[C@H](COC)CN1.COC[C@H]1CN[C@H](COC)CN[C@@H](COC)CN[C@H](COC)CNCCN1.C[C@H]1CNCc2cccc(n2)CNC[C@H](C)NCCN1.OC[C@H]1CN[C@@H]2CCCC[C@H]2NC[C@H](CO)NCCNCCN1.[Cl][Mn][Cl].[Cl][Mn][Cl].[Cl][Mn][Cl].[Cl][Mn][Cl]. The number of nitrogens with zero attached hydrogens (tertiary/aromatic N) is 1. The van der Waals surface area contributed by atoms with E-state index in [1.54, 1.807) is 49.8 Å². The van der Waals surface area contributed by atoms with Crippen LogP contribution in [0.1, 0.15) is 76.6 Å². The van der Waals surface area contributed by atoms with Gasteiger partial charge in [0.15, 0.2) is 0 Å². The van der Waals surface area contributed by atoms with Crippen LogP contribution in [0.4, 0.5) is 0 Å². The van der Waals surface area contributed by atoms with Gasteiger partial charge < -0.3 is 144 Å². The van der Waals surface area contributed by atoms with Crippen molar-refractivity contribution in [2.24, 2.45) is 0 Å². The third-order valence-electron chi connectivity index (χ3n) is 18.7. The molecule has 7 rings (SSSR count). The summed E-state index contributed by atoms with van der Waals surface area (Å²) in [6.07, 6.45) is 9.99. The number of ether oxygens (including phenoxy) is 7. The Morgan fingerprint density at radius 2 is 0.555 bits per heavy atom. The number of halogens is 8. The number of nitrogens with one attached hydrogen (secondary N) is 19. The van der Waals surface area contributed by atoms with Crippen molar-refractivity contribution in [1.82, 2.24) is 106 Å². The summed E-state index contributed by atoms with van der Waals surface area (Å²) in [5.41, 5.74) is 2.22. The molecule has 4 aliphatic heterocycles. The van der Waals surface area contributed by atoms with Crippen molar-refractivity contribution < 1.29 is 95.9 Å². The van der Waals surface area contributed by atoms with Crippen LogP contribution in [-0.4, -0.2) is 352 Å². The first-order valence-corrected chi connectivity index (χ1v) is 51.6. The number of methoxy groups -OCH3 is 7. The summed E-state index contributed by atoms with van der Waals surface area (Å²) in [7, 11) is 50.6. The zero-order valence-corrected chi connectivity index (χ0v) is 77.7. The number of aliphatic hydroxyl groups is 2. The van der Waals surface area contributed by atoms with Crippen molar-refractivity contribution in [3.63, 3.8) is 0 Å². The van der Waals surface area contributed by atoms with Crippen LogP contribution in [0, 0.1) is 0 Å². The molecule has 2 saturated carbocycles. The molecule has 0 unspecified atom stereocenters. The quantitative estimate of drug-likeness (QED) is 0.103. The Bertz CT molecular complexity index is 2000. The zero-order chi connectivity index (χ0) is 81.1. The zero-order valence-electron chi connectivity index (χ0n) is 66.9. The van der Waals surface area contributed by atoms with Crippen molar-refractivity contribution in [2.45, 2.75) is 169 Å². The monoisotopic (exact) mass is 1900 g/mol. The summed E-state index contributed by atoms with van der Waals surface area (Å²) in [4.78, 5) is 4.67. The van der Waals surface area contributed by atoms with Crippen LogP contribution in [0.15, 0.2) is 18.2 Å². The van der Waals surface area contributed by atoms with Gasteiger partial charge >= 0.3 is 133 Å². The number of aliphatic hydroxyl groups excluding tert-OH is 2. The van der Waals surface area contributed by atoms with Crippen LogP contribution < -0.4 is 101 Å². The normalized spacial score (nSPS) is 29.0. The van der Waals surface area contributed by atoms with E-state index in [1.807, 2.05) is 0 Å². The van der Waals surface area contributed by atoms with Crippen molar-refractivity contribution in [3.05, 3.63) is 29.6 Å². The van der Waals surface area contributed by atoms with Crippen LogP contribution in [0.2, 0.25) is 0 Å². The van der Waals surface area contributed by atoms with Crippen molar-refractivity contribution >= 4 is 80.8 Å². The molecular weight excluding hydrogens is 1760 g/mol. The van der Waals surface area contributed by atoms with Crippen molar-refractivity contribution in [3.8, 4) is 0 Å². The maximum atomic E-state index is 9.53. The van der Waals surface area contributed by atoms with Gasteiger partial charge in [-0.05, 0) is 51.7 Å². The predicted octanol–water partition coefficient (Wildman–Crippen LogP) is 1.03. The molecule has 5 heterocycles. The Kier molecular flexibility index (Phi) is 85.5. The van der Waals surface area contributed by atoms with Crippen molar-refractivity contribution in [1.29, 1.82) is 0 Å². The van der Waals surface area contributed by atoms with Crippen molar-refractivity contribution in [2.75, 3.05) is 247 Å². The van der Waals surface area contributed by atoms with Crippen LogP contribution in [0.3, 0.4) is 0 Å². The molecule has 0 spiro atoms. The number of hydrogen-bond acceptors (Lipinski definition) is 29. The van der Waals surface area contributed by atoms with E-state index in [2.05, 4.69) is 138 Å². The van der Waals surface area contributed by atoms with E-state index in [4.69, 9.17) is 114 Å². The molecule has 41 heteroatoms. The molecule has 0 aromatic carbocycles. The Morgan fingerprint density at radius 1 is 0.309 bits per heavy atom. The molecule has 0 amide bonds. The average molecular weight is 1900 g/mol. The van der Waals surface area contributed by atoms with E-state index >= 15 is 0 Å². The van der Waals surface area contributed by atoms with E-state index in [0.717, 1.165) is 162 Å². The molecule has 29 nitrogen and oxygen atoms in total. The van der Waals surface area contributed by atoms with Gasteiger partial charge in [-0.15, -0.1) is 0 Å². The minimum atomic E-state index is 0.00694. The van der Waals surface area contributed by atoms with Gasteiger partial charge in [0, 0.05) is 291 Å². The van der Waals surface area contributed by atoms with Gasteiger partial charge in [0.2, 0.25) is 0 Å². The molecule has 5 fully saturated rings. The molecule has 2 aliphatic carbocycles. The summed E-state index contributed by atoms with van der Waals surface area (Å²) < 4.78 is 37.7. The molecule has 0 radical (unpaired) electrons. The predicted molar refractivity (Wildman–Crippen MR) is 443 cm³/mol. The second-order valence-electron chi connectivity index (χ2n) is 27.6. The number of rotatable bonds is 16.